The molecule has 33 heavy (non-hydrogen) atoms. The van der Waals surface area contributed by atoms with Crippen LogP contribution in [0.3, 0.4) is 0 Å². The molecule has 0 spiro atoms. The fourth-order valence-electron chi connectivity index (χ4n) is 2.90. The first-order valence-corrected chi connectivity index (χ1v) is 11.5. The van der Waals surface area contributed by atoms with E-state index >= 15 is 0 Å². The minimum Gasteiger partial charge on any atom is -0.496 e. The molecule has 0 aliphatic heterocycles. The first kappa shape index (κ1) is 24.5. The number of nitrogens with one attached hydrogen (secondary N) is 3. The number of hydrazine groups is 1. The van der Waals surface area contributed by atoms with Gasteiger partial charge in [0.15, 0.2) is 5.11 Å². The van der Waals surface area contributed by atoms with Crippen molar-refractivity contribution < 1.29 is 19.1 Å². The van der Waals surface area contributed by atoms with Gasteiger partial charge in [-0.2, -0.15) is 0 Å². The van der Waals surface area contributed by atoms with Crippen molar-refractivity contribution in [3.05, 3.63) is 93.1 Å². The number of para-hydroxylation sites is 1. The number of rotatable bonds is 7. The molecule has 0 radical (unpaired) electrons. The molecule has 0 fully saturated rings. The van der Waals surface area contributed by atoms with Crippen molar-refractivity contribution in [2.75, 3.05) is 13.7 Å². The van der Waals surface area contributed by atoms with Gasteiger partial charge in [-0.3, -0.25) is 25.8 Å². The van der Waals surface area contributed by atoms with E-state index in [0.717, 1.165) is 9.13 Å². The third-order valence-electron chi connectivity index (χ3n) is 4.55. The van der Waals surface area contributed by atoms with Gasteiger partial charge in [0.25, 0.3) is 11.8 Å². The fraction of sp³-hybridized carbons (Fsp3) is 0.125. The average molecular weight is 575 g/mol. The van der Waals surface area contributed by atoms with Crippen LogP contribution in [0.4, 0.5) is 0 Å². The highest BCUT2D eigenvalue weighted by atomic mass is 127. The maximum absolute atomic E-state index is 12.7. The number of benzene rings is 3. The van der Waals surface area contributed by atoms with Crippen LogP contribution >= 0.6 is 34.8 Å². The lowest BCUT2D eigenvalue weighted by atomic mass is 10.1. The molecule has 0 aromatic heterocycles. The highest BCUT2D eigenvalue weighted by molar-refractivity contribution is 14.1. The molecule has 7 nitrogen and oxygen atoms in total. The average Bonchev–Trinajstić information content (AvgIpc) is 2.83. The molecule has 0 bridgehead atoms. The number of thiocarbonyl (C=S) groups is 1. The molecule has 0 aliphatic rings. The van der Waals surface area contributed by atoms with Gasteiger partial charge in [0.2, 0.25) is 0 Å². The van der Waals surface area contributed by atoms with E-state index in [2.05, 4.69) is 38.8 Å². The van der Waals surface area contributed by atoms with Gasteiger partial charge in [0.05, 0.1) is 22.9 Å². The van der Waals surface area contributed by atoms with Gasteiger partial charge in [-0.1, -0.05) is 42.5 Å². The number of ether oxygens (including phenoxy) is 2. The lowest BCUT2D eigenvalue weighted by molar-refractivity contribution is 0.0933. The molecule has 2 amide bonds. The van der Waals surface area contributed by atoms with E-state index < -0.39 is 11.8 Å². The molecular weight excluding hydrogens is 553 g/mol. The van der Waals surface area contributed by atoms with Gasteiger partial charge >= 0.3 is 0 Å². The Labute approximate surface area is 211 Å². The summed E-state index contributed by atoms with van der Waals surface area (Å²) < 4.78 is 11.8. The summed E-state index contributed by atoms with van der Waals surface area (Å²) in [5.41, 5.74) is 6.91. The second-order valence-corrected chi connectivity index (χ2v) is 8.36. The minimum absolute atomic E-state index is 0.0457. The second kappa shape index (κ2) is 12.2. The van der Waals surface area contributed by atoms with Crippen molar-refractivity contribution >= 4 is 51.7 Å². The first-order chi connectivity index (χ1) is 16.0. The standard InChI is InChI=1S/C24H22IN3O4S/c1-31-21-12-11-17(15-19(21)25)22(29)27-28-24(33)26-23(30)18-9-5-6-10-20(18)32-14-13-16-7-3-2-4-8-16/h2-12,15H,13-14H2,1H3,(H,27,29)(H2,26,28,30,33). The lowest BCUT2D eigenvalue weighted by Gasteiger charge is -2.14. The Kier molecular flexibility index (Phi) is 9.02. The van der Waals surface area contributed by atoms with E-state index in [1.807, 2.05) is 30.3 Å². The van der Waals surface area contributed by atoms with Gasteiger partial charge < -0.3 is 9.47 Å². The van der Waals surface area contributed by atoms with Crippen molar-refractivity contribution in [3.8, 4) is 11.5 Å². The Morgan fingerprint density at radius 1 is 0.909 bits per heavy atom. The van der Waals surface area contributed by atoms with Crippen molar-refractivity contribution in [2.24, 2.45) is 0 Å². The summed E-state index contributed by atoms with van der Waals surface area (Å²) in [6, 6.07) is 21.9. The van der Waals surface area contributed by atoms with Crippen LogP contribution in [0.5, 0.6) is 11.5 Å². The third-order valence-corrected chi connectivity index (χ3v) is 5.60. The number of methoxy groups -OCH3 is 1. The maximum atomic E-state index is 12.7. The van der Waals surface area contributed by atoms with Crippen LogP contribution in [0.15, 0.2) is 72.8 Å². The van der Waals surface area contributed by atoms with E-state index in [-0.39, 0.29) is 5.11 Å². The van der Waals surface area contributed by atoms with E-state index in [4.69, 9.17) is 21.7 Å². The van der Waals surface area contributed by atoms with Crippen molar-refractivity contribution in [1.82, 2.24) is 16.2 Å². The van der Waals surface area contributed by atoms with Crippen molar-refractivity contribution in [1.29, 1.82) is 0 Å². The highest BCUT2D eigenvalue weighted by Crippen LogP contribution is 2.21. The number of hydrogen-bond donors (Lipinski definition) is 3. The second-order valence-electron chi connectivity index (χ2n) is 6.79. The minimum atomic E-state index is -0.448. The highest BCUT2D eigenvalue weighted by Gasteiger charge is 2.15. The van der Waals surface area contributed by atoms with Crippen molar-refractivity contribution in [3.63, 3.8) is 0 Å². The smallest absolute Gasteiger partial charge is 0.269 e. The van der Waals surface area contributed by atoms with Gasteiger partial charge in [0.1, 0.15) is 11.5 Å². The molecule has 0 atom stereocenters. The summed E-state index contributed by atoms with van der Waals surface area (Å²) in [6.45, 7) is 0.424. The predicted molar refractivity (Wildman–Crippen MR) is 138 cm³/mol. The van der Waals surface area contributed by atoms with E-state index in [1.54, 1.807) is 49.6 Å². The van der Waals surface area contributed by atoms with Crippen LogP contribution in [0.1, 0.15) is 26.3 Å². The molecule has 0 aliphatic carbocycles. The topological polar surface area (TPSA) is 88.7 Å². The quantitative estimate of drug-likeness (QED) is 0.225. The Morgan fingerprint density at radius 2 is 1.64 bits per heavy atom. The Balaban J connectivity index is 1.52. The normalized spacial score (nSPS) is 10.1. The van der Waals surface area contributed by atoms with Gasteiger partial charge in [0, 0.05) is 12.0 Å². The summed E-state index contributed by atoms with van der Waals surface area (Å²) in [5, 5.41) is 2.50. The number of halogens is 1. The molecule has 3 aromatic carbocycles. The van der Waals surface area contributed by atoms with E-state index in [9.17, 15) is 9.59 Å². The van der Waals surface area contributed by atoms with Crippen LogP contribution in [-0.4, -0.2) is 30.6 Å². The summed E-state index contributed by atoms with van der Waals surface area (Å²) in [5.74, 6) is 0.269. The Morgan fingerprint density at radius 3 is 2.36 bits per heavy atom. The lowest BCUT2D eigenvalue weighted by Crippen LogP contribution is -2.48. The molecule has 0 heterocycles. The predicted octanol–water partition coefficient (Wildman–Crippen LogP) is 3.87. The summed E-state index contributed by atoms with van der Waals surface area (Å²) in [6.07, 6.45) is 0.715. The van der Waals surface area contributed by atoms with Crippen molar-refractivity contribution in [2.45, 2.75) is 6.42 Å². The number of hydrogen-bond acceptors (Lipinski definition) is 5. The molecular formula is C24H22IN3O4S. The largest absolute Gasteiger partial charge is 0.496 e. The molecule has 0 saturated heterocycles. The molecule has 0 saturated carbocycles. The first-order valence-electron chi connectivity index (χ1n) is 9.99. The SMILES string of the molecule is COc1ccc(C(=O)NNC(=S)NC(=O)c2ccccc2OCCc2ccccc2)cc1I. The molecule has 0 unspecified atom stereocenters. The molecule has 3 rings (SSSR count). The zero-order valence-electron chi connectivity index (χ0n) is 17.8. The van der Waals surface area contributed by atoms with Crippen LogP contribution in [-0.2, 0) is 6.42 Å². The van der Waals surface area contributed by atoms with Gasteiger partial charge in [-0.05, 0) is 70.7 Å². The van der Waals surface area contributed by atoms with Crippen LogP contribution in [0, 0.1) is 3.57 Å². The zero-order valence-corrected chi connectivity index (χ0v) is 20.7. The monoisotopic (exact) mass is 575 g/mol. The summed E-state index contributed by atoms with van der Waals surface area (Å²) in [4.78, 5) is 25.0. The summed E-state index contributed by atoms with van der Waals surface area (Å²) in [7, 11) is 1.56. The number of amides is 2. The van der Waals surface area contributed by atoms with Crippen LogP contribution in [0.25, 0.3) is 0 Å². The molecule has 3 N–H and O–H groups in total. The Hall–Kier alpha value is -3.18. The van der Waals surface area contributed by atoms with Crippen LogP contribution < -0.4 is 25.6 Å². The molecule has 3 aromatic rings. The zero-order chi connectivity index (χ0) is 23.6. The van der Waals surface area contributed by atoms with Gasteiger partial charge in [-0.25, -0.2) is 0 Å². The van der Waals surface area contributed by atoms with Crippen LogP contribution in [0.2, 0.25) is 0 Å². The maximum Gasteiger partial charge on any atom is 0.269 e. The number of carbonyl (C=O) groups is 2. The summed E-state index contributed by atoms with van der Waals surface area (Å²) >= 11 is 7.22. The Bertz CT molecular complexity index is 1140. The fourth-order valence-corrected chi connectivity index (χ4v) is 3.78. The van der Waals surface area contributed by atoms with Gasteiger partial charge in [-0.15, -0.1) is 0 Å². The van der Waals surface area contributed by atoms with E-state index in [1.165, 1.54) is 0 Å². The number of carbonyl (C=O) groups excluding carboxylic acids is 2. The third kappa shape index (κ3) is 7.16. The molecule has 9 heteroatoms. The van der Waals surface area contributed by atoms with E-state index in [0.29, 0.717) is 35.7 Å². The molecule has 170 valence electrons.